The average molecular weight is 373 g/mol. The van der Waals surface area contributed by atoms with Gasteiger partial charge in [-0.2, -0.15) is 0 Å². The van der Waals surface area contributed by atoms with Gasteiger partial charge >= 0.3 is 0 Å². The molecule has 0 aliphatic heterocycles. The van der Waals surface area contributed by atoms with Crippen LogP contribution >= 0.6 is 11.3 Å². The second-order valence-corrected chi connectivity index (χ2v) is 6.79. The van der Waals surface area contributed by atoms with Crippen molar-refractivity contribution in [3.63, 3.8) is 0 Å². The largest absolute Gasteiger partial charge is 0.468 e. The van der Waals surface area contributed by atoms with Crippen LogP contribution in [0.25, 0.3) is 20.8 Å². The number of hydrogen-bond donors (Lipinski definition) is 0. The zero-order valence-electron chi connectivity index (χ0n) is 14.8. The fraction of sp³-hybridized carbons (Fsp3) is 0.278. The third-order valence-corrected chi connectivity index (χ3v) is 4.84. The van der Waals surface area contributed by atoms with Crippen LogP contribution in [0.3, 0.4) is 0 Å². The molecule has 0 atom stereocenters. The summed E-state index contributed by atoms with van der Waals surface area (Å²) in [5.74, 6) is 0.704. The Morgan fingerprint density at radius 2 is 2.04 bits per heavy atom. The predicted molar refractivity (Wildman–Crippen MR) is 103 cm³/mol. The summed E-state index contributed by atoms with van der Waals surface area (Å²) in [5, 5.41) is 12.1. The minimum absolute atomic E-state index is 0.0625. The summed E-state index contributed by atoms with van der Waals surface area (Å²) in [5.41, 5.74) is 2.17. The van der Waals surface area contributed by atoms with Crippen molar-refractivity contribution in [2.45, 2.75) is 6.92 Å². The topological polar surface area (TPSA) is 77.7 Å². The van der Waals surface area contributed by atoms with Gasteiger partial charge in [0.15, 0.2) is 6.79 Å². The van der Waals surface area contributed by atoms with Crippen molar-refractivity contribution in [1.82, 2.24) is 4.98 Å². The molecule has 0 radical (unpaired) electrons. The van der Waals surface area contributed by atoms with E-state index in [-0.39, 0.29) is 17.4 Å². The van der Waals surface area contributed by atoms with Crippen LogP contribution < -0.4 is 9.64 Å². The summed E-state index contributed by atoms with van der Waals surface area (Å²) in [6.45, 7) is 2.70. The first kappa shape index (κ1) is 18.1. The number of nitrogens with zero attached hydrogens (tertiary/aromatic N) is 3. The standard InChI is InChI=1S/C18H19N3O4S/c1-4-24-11-25-13-6-7-14-17(10-13)26-18(19-14)12-5-8-15(20(2)3)16(9-12)21(22)23/h5-10H,4,11H2,1-3H3. The van der Waals surface area contributed by atoms with E-state index >= 15 is 0 Å². The lowest BCUT2D eigenvalue weighted by Crippen LogP contribution is -2.10. The molecule has 3 rings (SSSR count). The summed E-state index contributed by atoms with van der Waals surface area (Å²) < 4.78 is 11.7. The van der Waals surface area contributed by atoms with E-state index in [0.717, 1.165) is 20.8 Å². The Bertz CT molecular complexity index is 939. The van der Waals surface area contributed by atoms with Gasteiger partial charge in [-0.3, -0.25) is 10.1 Å². The van der Waals surface area contributed by atoms with Crippen LogP contribution in [0.1, 0.15) is 6.92 Å². The first-order valence-electron chi connectivity index (χ1n) is 8.07. The number of aromatic nitrogens is 1. The molecule has 0 saturated carbocycles. The van der Waals surface area contributed by atoms with Gasteiger partial charge in [0.25, 0.3) is 5.69 Å². The highest BCUT2D eigenvalue weighted by Gasteiger charge is 2.18. The smallest absolute Gasteiger partial charge is 0.293 e. The van der Waals surface area contributed by atoms with E-state index in [4.69, 9.17) is 9.47 Å². The Balaban J connectivity index is 1.95. The van der Waals surface area contributed by atoms with Crippen molar-refractivity contribution in [2.24, 2.45) is 0 Å². The molecule has 0 aliphatic rings. The Hall–Kier alpha value is -2.71. The van der Waals surface area contributed by atoms with Crippen LogP contribution in [0.4, 0.5) is 11.4 Å². The molecule has 0 bridgehead atoms. The van der Waals surface area contributed by atoms with Crippen molar-refractivity contribution < 1.29 is 14.4 Å². The number of thiazole rings is 1. The van der Waals surface area contributed by atoms with Gasteiger partial charge in [0, 0.05) is 32.3 Å². The summed E-state index contributed by atoms with van der Waals surface area (Å²) in [4.78, 5) is 17.3. The molecule has 0 N–H and O–H groups in total. The number of anilines is 1. The van der Waals surface area contributed by atoms with Crippen LogP contribution in [-0.4, -0.2) is 37.4 Å². The predicted octanol–water partition coefficient (Wildman–Crippen LogP) is 4.31. The molecule has 3 aromatic rings. The third-order valence-electron chi connectivity index (χ3n) is 3.77. The molecule has 8 heteroatoms. The van der Waals surface area contributed by atoms with E-state index < -0.39 is 0 Å². The molecule has 7 nitrogen and oxygen atoms in total. The lowest BCUT2D eigenvalue weighted by molar-refractivity contribution is -0.384. The zero-order valence-corrected chi connectivity index (χ0v) is 15.6. The van der Waals surface area contributed by atoms with E-state index in [1.165, 1.54) is 11.3 Å². The third kappa shape index (κ3) is 3.76. The normalized spacial score (nSPS) is 10.9. The highest BCUT2D eigenvalue weighted by atomic mass is 32.1. The Morgan fingerprint density at radius 1 is 1.23 bits per heavy atom. The molecule has 0 unspecified atom stereocenters. The van der Waals surface area contributed by atoms with E-state index in [2.05, 4.69) is 4.98 Å². The lowest BCUT2D eigenvalue weighted by atomic mass is 10.1. The van der Waals surface area contributed by atoms with Gasteiger partial charge in [-0.1, -0.05) is 0 Å². The average Bonchev–Trinajstić information content (AvgIpc) is 3.04. The lowest BCUT2D eigenvalue weighted by Gasteiger charge is -2.12. The Morgan fingerprint density at radius 3 is 2.73 bits per heavy atom. The number of hydrogen-bond acceptors (Lipinski definition) is 7. The fourth-order valence-corrected chi connectivity index (χ4v) is 3.48. The first-order chi connectivity index (χ1) is 12.5. The molecule has 0 spiro atoms. The maximum Gasteiger partial charge on any atom is 0.293 e. The molecular formula is C18H19N3O4S. The monoisotopic (exact) mass is 373 g/mol. The minimum Gasteiger partial charge on any atom is -0.468 e. The van der Waals surface area contributed by atoms with Crippen LogP contribution in [0.2, 0.25) is 0 Å². The van der Waals surface area contributed by atoms with Crippen LogP contribution in [-0.2, 0) is 4.74 Å². The maximum atomic E-state index is 11.4. The van der Waals surface area contributed by atoms with Gasteiger partial charge < -0.3 is 14.4 Å². The number of ether oxygens (including phenoxy) is 2. The van der Waals surface area contributed by atoms with Crippen LogP contribution in [0.15, 0.2) is 36.4 Å². The molecule has 1 heterocycles. The molecule has 0 fully saturated rings. The molecule has 0 amide bonds. The van der Waals surface area contributed by atoms with E-state index in [9.17, 15) is 10.1 Å². The summed E-state index contributed by atoms with van der Waals surface area (Å²) in [6.07, 6.45) is 0. The van der Waals surface area contributed by atoms with Crippen molar-refractivity contribution in [1.29, 1.82) is 0 Å². The number of nitro benzene ring substituents is 1. The zero-order chi connectivity index (χ0) is 18.7. The van der Waals surface area contributed by atoms with Gasteiger partial charge in [-0.05, 0) is 37.3 Å². The van der Waals surface area contributed by atoms with Gasteiger partial charge in [0.05, 0.1) is 15.1 Å². The van der Waals surface area contributed by atoms with Crippen molar-refractivity contribution in [3.8, 4) is 16.3 Å². The quantitative estimate of drug-likeness (QED) is 0.266. The summed E-state index contributed by atoms with van der Waals surface area (Å²) >= 11 is 1.47. The number of rotatable bonds is 7. The summed E-state index contributed by atoms with van der Waals surface area (Å²) in [7, 11) is 3.56. The Labute approximate surface area is 154 Å². The highest BCUT2D eigenvalue weighted by Crippen LogP contribution is 2.36. The van der Waals surface area contributed by atoms with Crippen molar-refractivity contribution in [3.05, 3.63) is 46.5 Å². The van der Waals surface area contributed by atoms with Crippen LogP contribution in [0, 0.1) is 10.1 Å². The van der Waals surface area contributed by atoms with E-state index in [1.54, 1.807) is 31.1 Å². The van der Waals surface area contributed by atoms with Crippen molar-refractivity contribution >= 4 is 32.9 Å². The molecule has 26 heavy (non-hydrogen) atoms. The van der Waals surface area contributed by atoms with Gasteiger partial charge in [-0.25, -0.2) is 4.98 Å². The fourth-order valence-electron chi connectivity index (χ4n) is 2.49. The molecule has 2 aromatic carbocycles. The highest BCUT2D eigenvalue weighted by molar-refractivity contribution is 7.21. The molecule has 1 aromatic heterocycles. The number of nitro groups is 1. The minimum atomic E-state index is -0.369. The van der Waals surface area contributed by atoms with Gasteiger partial charge in [0.2, 0.25) is 0 Å². The Kier molecular flexibility index (Phi) is 5.34. The van der Waals surface area contributed by atoms with Gasteiger partial charge in [-0.15, -0.1) is 11.3 Å². The number of benzene rings is 2. The SMILES string of the molecule is CCOCOc1ccc2nc(-c3ccc(N(C)C)c([N+](=O)[O-])c3)sc2c1. The molecule has 0 aliphatic carbocycles. The first-order valence-corrected chi connectivity index (χ1v) is 8.88. The van der Waals surface area contributed by atoms with E-state index in [1.807, 2.05) is 31.2 Å². The van der Waals surface area contributed by atoms with Crippen molar-refractivity contribution in [2.75, 3.05) is 32.4 Å². The second kappa shape index (κ2) is 7.67. The molecular weight excluding hydrogens is 354 g/mol. The molecule has 0 saturated heterocycles. The van der Waals surface area contributed by atoms with Crippen LogP contribution in [0.5, 0.6) is 5.75 Å². The summed E-state index contributed by atoms with van der Waals surface area (Å²) in [6, 6.07) is 10.8. The van der Waals surface area contributed by atoms with E-state index in [0.29, 0.717) is 18.0 Å². The second-order valence-electron chi connectivity index (χ2n) is 5.76. The van der Waals surface area contributed by atoms with Gasteiger partial charge in [0.1, 0.15) is 16.4 Å². The maximum absolute atomic E-state index is 11.4. The molecule has 136 valence electrons. The number of fused-ring (bicyclic) bond motifs is 1.